The van der Waals surface area contributed by atoms with E-state index in [2.05, 4.69) is 26.4 Å². The number of carbonyl (C=O) groups excluding carboxylic acids is 1. The Bertz CT molecular complexity index is 1250. The zero-order chi connectivity index (χ0) is 22.1. The first kappa shape index (κ1) is 20.4. The number of pyridine rings is 2. The van der Waals surface area contributed by atoms with Crippen LogP contribution in [0.1, 0.15) is 28.0 Å². The van der Waals surface area contributed by atoms with Gasteiger partial charge in [0.15, 0.2) is 0 Å². The van der Waals surface area contributed by atoms with Gasteiger partial charge in [-0.25, -0.2) is 4.98 Å². The van der Waals surface area contributed by atoms with Crippen LogP contribution in [0, 0.1) is 5.92 Å². The van der Waals surface area contributed by atoms with E-state index in [4.69, 9.17) is 4.74 Å². The lowest BCUT2D eigenvalue weighted by molar-refractivity contribution is 0.0940. The number of rotatable bonds is 6. The molecule has 1 fully saturated rings. The molecule has 1 aliphatic heterocycles. The molecule has 0 spiro atoms. The van der Waals surface area contributed by atoms with Gasteiger partial charge in [-0.3, -0.25) is 14.5 Å². The van der Waals surface area contributed by atoms with Crippen molar-refractivity contribution in [1.29, 1.82) is 0 Å². The molecule has 0 radical (unpaired) electrons. The molecule has 1 atom stereocenters. The van der Waals surface area contributed by atoms with Crippen molar-refractivity contribution in [2.24, 2.45) is 20.0 Å². The summed E-state index contributed by atoms with van der Waals surface area (Å²) in [6, 6.07) is 9.94. The van der Waals surface area contributed by atoms with Crippen molar-refractivity contribution in [3.05, 3.63) is 65.7 Å². The monoisotopic (exact) mass is 430 g/mol. The average Bonchev–Trinajstić information content (AvgIpc) is 3.55. The highest BCUT2D eigenvalue weighted by Gasteiger charge is 2.19. The number of hydrogen-bond acceptors (Lipinski definition) is 5. The van der Waals surface area contributed by atoms with Gasteiger partial charge in [0.2, 0.25) is 0 Å². The van der Waals surface area contributed by atoms with Gasteiger partial charge in [0.05, 0.1) is 12.3 Å². The number of amides is 1. The maximum absolute atomic E-state index is 12.8. The molecule has 4 aromatic rings. The lowest BCUT2D eigenvalue weighted by atomic mass is 10.0. The first-order valence-electron chi connectivity index (χ1n) is 10.8. The van der Waals surface area contributed by atoms with Gasteiger partial charge in [-0.05, 0) is 48.2 Å². The summed E-state index contributed by atoms with van der Waals surface area (Å²) < 4.78 is 9.11. The molecule has 0 aromatic carbocycles. The van der Waals surface area contributed by atoms with Crippen LogP contribution >= 0.6 is 0 Å². The van der Waals surface area contributed by atoms with Crippen molar-refractivity contribution in [1.82, 2.24) is 29.6 Å². The van der Waals surface area contributed by atoms with Gasteiger partial charge in [-0.1, -0.05) is 6.07 Å². The van der Waals surface area contributed by atoms with Crippen LogP contribution in [0.15, 0.2) is 48.9 Å². The van der Waals surface area contributed by atoms with E-state index in [1.165, 1.54) is 0 Å². The van der Waals surface area contributed by atoms with Gasteiger partial charge < -0.3 is 14.6 Å². The quantitative estimate of drug-likeness (QED) is 0.508. The van der Waals surface area contributed by atoms with Gasteiger partial charge in [0.1, 0.15) is 17.0 Å². The molecule has 8 heteroatoms. The maximum atomic E-state index is 12.8. The number of carbonyl (C=O) groups is 1. The Balaban J connectivity index is 1.39. The highest BCUT2D eigenvalue weighted by molar-refractivity contribution is 5.95. The van der Waals surface area contributed by atoms with Crippen LogP contribution in [-0.2, 0) is 25.3 Å². The molecule has 1 aliphatic rings. The van der Waals surface area contributed by atoms with Crippen LogP contribution in [0.5, 0.6) is 0 Å². The third-order valence-electron chi connectivity index (χ3n) is 5.93. The smallest absolute Gasteiger partial charge is 0.269 e. The molecule has 5 rings (SSSR count). The van der Waals surface area contributed by atoms with E-state index in [9.17, 15) is 4.79 Å². The molecular weight excluding hydrogens is 404 g/mol. The number of fused-ring (bicyclic) bond motifs is 1. The van der Waals surface area contributed by atoms with Gasteiger partial charge in [0.25, 0.3) is 5.91 Å². The second-order valence-electron chi connectivity index (χ2n) is 8.37. The number of ether oxygens (including phenoxy) is 1. The summed E-state index contributed by atoms with van der Waals surface area (Å²) in [7, 11) is 3.83. The fourth-order valence-corrected chi connectivity index (χ4v) is 4.09. The van der Waals surface area contributed by atoms with E-state index in [1.54, 1.807) is 4.68 Å². The zero-order valence-corrected chi connectivity index (χ0v) is 18.3. The molecule has 164 valence electrons. The standard InChI is InChI=1S/C24H26N6O2/c1-29-8-5-19-18(11-16-3-4-20(25-13-16)21-6-9-30(2)28-21)12-22(27-23(19)29)24(31)26-14-17-7-10-32-15-17/h3-6,8-9,12-13,17H,7,10-11,14-15H2,1-2H3,(H,26,31). The van der Waals surface area contributed by atoms with E-state index >= 15 is 0 Å². The molecule has 1 saturated heterocycles. The minimum Gasteiger partial charge on any atom is -0.381 e. The largest absolute Gasteiger partial charge is 0.381 e. The lowest BCUT2D eigenvalue weighted by Crippen LogP contribution is -2.30. The van der Waals surface area contributed by atoms with E-state index in [0.29, 0.717) is 31.2 Å². The van der Waals surface area contributed by atoms with Gasteiger partial charge >= 0.3 is 0 Å². The van der Waals surface area contributed by atoms with Crippen LogP contribution in [0.3, 0.4) is 0 Å². The summed E-state index contributed by atoms with van der Waals surface area (Å²) in [6.45, 7) is 2.09. The molecule has 4 aromatic heterocycles. The predicted molar refractivity (Wildman–Crippen MR) is 121 cm³/mol. The third kappa shape index (κ3) is 4.13. The third-order valence-corrected chi connectivity index (χ3v) is 5.93. The number of nitrogens with one attached hydrogen (secondary N) is 1. The van der Waals surface area contributed by atoms with Crippen LogP contribution < -0.4 is 5.32 Å². The molecule has 8 nitrogen and oxygen atoms in total. The highest BCUT2D eigenvalue weighted by atomic mass is 16.5. The normalized spacial score (nSPS) is 16.0. The first-order valence-corrected chi connectivity index (χ1v) is 10.8. The van der Waals surface area contributed by atoms with Gasteiger partial charge in [-0.2, -0.15) is 5.10 Å². The lowest BCUT2D eigenvalue weighted by Gasteiger charge is -2.11. The summed E-state index contributed by atoms with van der Waals surface area (Å²) >= 11 is 0. The van der Waals surface area contributed by atoms with Crippen molar-refractivity contribution in [2.45, 2.75) is 12.8 Å². The fourth-order valence-electron chi connectivity index (χ4n) is 4.09. The topological polar surface area (TPSA) is 86.9 Å². The predicted octanol–water partition coefficient (Wildman–Crippen LogP) is 2.73. The number of hydrogen-bond donors (Lipinski definition) is 1. The Kier molecular flexibility index (Phi) is 5.45. The Morgan fingerprint density at radius 2 is 2.09 bits per heavy atom. The minimum atomic E-state index is -0.148. The van der Waals surface area contributed by atoms with E-state index in [1.807, 2.05) is 61.5 Å². The number of nitrogens with zero attached hydrogens (tertiary/aromatic N) is 5. The van der Waals surface area contributed by atoms with E-state index in [-0.39, 0.29) is 5.91 Å². The van der Waals surface area contributed by atoms with Crippen LogP contribution in [0.4, 0.5) is 0 Å². The highest BCUT2D eigenvalue weighted by Crippen LogP contribution is 2.23. The summed E-state index contributed by atoms with van der Waals surface area (Å²) in [5.74, 6) is 0.228. The average molecular weight is 431 g/mol. The minimum absolute atomic E-state index is 0.148. The Labute approximate surface area is 186 Å². The molecule has 5 heterocycles. The van der Waals surface area contributed by atoms with Gasteiger partial charge in [-0.15, -0.1) is 0 Å². The van der Waals surface area contributed by atoms with Crippen LogP contribution in [-0.4, -0.2) is 50.0 Å². The van der Waals surface area contributed by atoms with Crippen molar-refractivity contribution < 1.29 is 9.53 Å². The van der Waals surface area contributed by atoms with Crippen molar-refractivity contribution in [2.75, 3.05) is 19.8 Å². The van der Waals surface area contributed by atoms with Crippen LogP contribution in [0.2, 0.25) is 0 Å². The number of aryl methyl sites for hydroxylation is 2. The first-order chi connectivity index (χ1) is 15.6. The van der Waals surface area contributed by atoms with Crippen molar-refractivity contribution in [3.8, 4) is 11.4 Å². The Morgan fingerprint density at radius 1 is 1.19 bits per heavy atom. The van der Waals surface area contributed by atoms with Crippen LogP contribution in [0.25, 0.3) is 22.4 Å². The van der Waals surface area contributed by atoms with Crippen molar-refractivity contribution >= 4 is 16.9 Å². The van der Waals surface area contributed by atoms with Crippen molar-refractivity contribution in [3.63, 3.8) is 0 Å². The molecule has 0 saturated carbocycles. The molecule has 0 bridgehead atoms. The van der Waals surface area contributed by atoms with E-state index < -0.39 is 0 Å². The SMILES string of the molecule is Cn1ccc(-c2ccc(Cc3cc(C(=O)NCC4CCOC4)nc4c3ccn4C)cn2)n1. The molecule has 1 amide bonds. The number of aromatic nitrogens is 5. The molecule has 1 N–H and O–H groups in total. The second kappa shape index (κ2) is 8.55. The maximum Gasteiger partial charge on any atom is 0.269 e. The second-order valence-corrected chi connectivity index (χ2v) is 8.37. The molecule has 0 aliphatic carbocycles. The molecule has 32 heavy (non-hydrogen) atoms. The summed E-state index contributed by atoms with van der Waals surface area (Å²) in [5, 5.41) is 8.47. The molecule has 1 unspecified atom stereocenters. The summed E-state index contributed by atoms with van der Waals surface area (Å²) in [6.07, 6.45) is 7.40. The van der Waals surface area contributed by atoms with E-state index in [0.717, 1.165) is 46.6 Å². The molecular formula is C24H26N6O2. The Hall–Kier alpha value is -3.52. The summed E-state index contributed by atoms with van der Waals surface area (Å²) in [4.78, 5) is 22.1. The zero-order valence-electron chi connectivity index (χ0n) is 18.3. The Morgan fingerprint density at radius 3 is 2.81 bits per heavy atom. The van der Waals surface area contributed by atoms with Gasteiger partial charge in [0, 0.05) is 57.1 Å². The summed E-state index contributed by atoms with van der Waals surface area (Å²) in [5.41, 5.74) is 5.04. The fraction of sp³-hybridized carbons (Fsp3) is 0.333.